The molecule has 4 atom stereocenters. The Morgan fingerprint density at radius 2 is 1.00 bits per heavy atom. The number of nitrogens with zero attached hydrogens (tertiary/aromatic N) is 4. The zero-order chi connectivity index (χ0) is 47.2. The van der Waals surface area contributed by atoms with Gasteiger partial charge in [-0.15, -0.1) is 0 Å². The van der Waals surface area contributed by atoms with Crippen LogP contribution in [-0.4, -0.2) is 136 Å². The summed E-state index contributed by atoms with van der Waals surface area (Å²) in [6.07, 6.45) is 0.557. The van der Waals surface area contributed by atoms with E-state index >= 15 is 0 Å². The van der Waals surface area contributed by atoms with Crippen molar-refractivity contribution in [1.29, 1.82) is 0 Å². The second-order valence-corrected chi connectivity index (χ2v) is 29.1. The van der Waals surface area contributed by atoms with Crippen LogP contribution in [0.5, 0.6) is 23.0 Å². The first-order valence-corrected chi connectivity index (χ1v) is 27.3. The molecule has 2 aromatic rings. The van der Waals surface area contributed by atoms with Crippen LogP contribution in [0.25, 0.3) is 0 Å². The molecule has 0 aromatic heterocycles. The highest BCUT2D eigenvalue weighted by atomic mass is 28.4. The maximum atomic E-state index is 13.9. The molecule has 2 heterocycles. The van der Waals surface area contributed by atoms with Crippen molar-refractivity contribution in [2.24, 2.45) is 0 Å². The summed E-state index contributed by atoms with van der Waals surface area (Å²) in [7, 11) is -1.62. The van der Waals surface area contributed by atoms with Crippen molar-refractivity contribution < 1.29 is 57.4 Å². The van der Waals surface area contributed by atoms with Crippen molar-refractivity contribution in [1.82, 2.24) is 9.80 Å². The maximum absolute atomic E-state index is 13.9. The normalized spacial score (nSPS) is 19.6. The van der Waals surface area contributed by atoms with Crippen molar-refractivity contribution in [3.63, 3.8) is 0 Å². The monoisotopic (exact) mass is 920 g/mol. The average molecular weight is 921 g/mol. The second-order valence-electron chi connectivity index (χ2n) is 19.5. The summed E-state index contributed by atoms with van der Waals surface area (Å²) in [6, 6.07) is 4.01. The number of hydrogen-bond donors (Lipinski definition) is 2. The van der Waals surface area contributed by atoms with Crippen molar-refractivity contribution in [2.75, 3.05) is 53.7 Å². The van der Waals surface area contributed by atoms with E-state index < -0.39 is 74.0 Å². The van der Waals surface area contributed by atoms with Gasteiger partial charge in [-0.05, 0) is 68.4 Å². The van der Waals surface area contributed by atoms with Gasteiger partial charge in [-0.3, -0.25) is 29.8 Å². The molecule has 2 N–H and O–H groups in total. The largest absolute Gasteiger partial charge is 0.493 e. The topological polar surface area (TPSA) is 223 Å². The lowest BCUT2D eigenvalue weighted by Crippen LogP contribution is -2.46. The third-order valence-electron chi connectivity index (χ3n) is 12.9. The van der Waals surface area contributed by atoms with Crippen LogP contribution in [0.2, 0.25) is 36.3 Å². The van der Waals surface area contributed by atoms with Crippen LogP contribution in [-0.2, 0) is 8.85 Å². The number of likely N-dealkylation sites (tertiary alicyclic amines) is 2. The van der Waals surface area contributed by atoms with Gasteiger partial charge in [0, 0.05) is 25.2 Å². The number of methoxy groups -OCH3 is 2. The Kier molecular flexibility index (Phi) is 16.8. The molecule has 0 unspecified atom stereocenters. The standard InChI is InChI=1S/C43H68N4O14Si2/c1-42(2,3)62(9,10)60-26-28-18-30(48)24-44(28)40(50)32-20-36(56-7)38(22-34(32)46(52)53)58-16-14-13-15-17-59-39-23-35(47(54)55)33(21-37(39)57-8)41(51)45-25-31(49)19-29(45)27-61-63(11,12)43(4,5)6/h20-23,28-31,48-49H,13-19,24-27H2,1-12H3/t28-,29-,30+,31+/m0/s1. The molecule has 2 saturated heterocycles. The Hall–Kier alpha value is -4.35. The Labute approximate surface area is 372 Å². The van der Waals surface area contributed by atoms with Crippen molar-refractivity contribution in [2.45, 2.75) is 134 Å². The molecule has 2 fully saturated rings. The number of β-amino-alcohol motifs (C(OH)–C–C–N with tert-alkyl or cyclic N) is 2. The summed E-state index contributed by atoms with van der Waals surface area (Å²) in [4.78, 5) is 53.9. The number of aliphatic hydroxyl groups excluding tert-OH is 2. The summed E-state index contributed by atoms with van der Waals surface area (Å²) >= 11 is 0. The van der Waals surface area contributed by atoms with Gasteiger partial charge < -0.3 is 47.8 Å². The summed E-state index contributed by atoms with van der Waals surface area (Å²) in [6.45, 7) is 21.7. The lowest BCUT2D eigenvalue weighted by Gasteiger charge is -2.38. The molecule has 18 nitrogen and oxygen atoms in total. The fourth-order valence-electron chi connectivity index (χ4n) is 6.98. The summed E-state index contributed by atoms with van der Waals surface area (Å²) in [5, 5.41) is 45.4. The van der Waals surface area contributed by atoms with Crippen LogP contribution in [0.3, 0.4) is 0 Å². The van der Waals surface area contributed by atoms with Gasteiger partial charge in [0.15, 0.2) is 39.6 Å². The summed E-state index contributed by atoms with van der Waals surface area (Å²) in [5.74, 6) is -0.794. The molecule has 20 heteroatoms. The number of benzene rings is 2. The Morgan fingerprint density at radius 1 is 0.651 bits per heavy atom. The fourth-order valence-corrected chi connectivity index (χ4v) is 9.07. The first-order valence-electron chi connectivity index (χ1n) is 21.5. The van der Waals surface area contributed by atoms with E-state index in [0.29, 0.717) is 32.1 Å². The lowest BCUT2D eigenvalue weighted by atomic mass is 10.1. The number of unbranched alkanes of at least 4 members (excludes halogenated alkanes) is 2. The molecular weight excluding hydrogens is 853 g/mol. The van der Waals surface area contributed by atoms with Gasteiger partial charge in [0.2, 0.25) is 0 Å². The molecule has 2 aliphatic heterocycles. The molecule has 63 heavy (non-hydrogen) atoms. The number of carbonyl (C=O) groups is 2. The maximum Gasteiger partial charge on any atom is 0.286 e. The van der Waals surface area contributed by atoms with E-state index in [4.69, 9.17) is 27.8 Å². The Balaban J connectivity index is 1.37. The van der Waals surface area contributed by atoms with E-state index in [1.54, 1.807) is 0 Å². The average Bonchev–Trinajstić information content (AvgIpc) is 3.77. The smallest absolute Gasteiger partial charge is 0.286 e. The number of carbonyl (C=O) groups excluding carboxylic acids is 2. The van der Waals surface area contributed by atoms with Gasteiger partial charge >= 0.3 is 0 Å². The minimum atomic E-state index is -2.18. The van der Waals surface area contributed by atoms with Crippen molar-refractivity contribution in [3.05, 3.63) is 55.6 Å². The number of ether oxygens (including phenoxy) is 4. The third kappa shape index (κ3) is 12.5. The summed E-state index contributed by atoms with van der Waals surface area (Å²) < 4.78 is 35.5. The molecular formula is C43H68N4O14Si2. The van der Waals surface area contributed by atoms with E-state index in [0.717, 1.165) is 0 Å². The Morgan fingerprint density at radius 3 is 1.30 bits per heavy atom. The molecule has 4 rings (SSSR count). The number of aliphatic hydroxyl groups is 2. The van der Waals surface area contributed by atoms with Crippen LogP contribution >= 0.6 is 0 Å². The first-order chi connectivity index (χ1) is 29.2. The molecule has 0 bridgehead atoms. The van der Waals surface area contributed by atoms with Gasteiger partial charge in [0.1, 0.15) is 11.1 Å². The zero-order valence-corrected chi connectivity index (χ0v) is 41.0. The van der Waals surface area contributed by atoms with Crippen LogP contribution in [0.4, 0.5) is 11.4 Å². The van der Waals surface area contributed by atoms with Crippen LogP contribution in [0.15, 0.2) is 24.3 Å². The van der Waals surface area contributed by atoms with Gasteiger partial charge in [-0.25, -0.2) is 0 Å². The predicted molar refractivity (Wildman–Crippen MR) is 241 cm³/mol. The zero-order valence-electron chi connectivity index (χ0n) is 39.0. The highest BCUT2D eigenvalue weighted by molar-refractivity contribution is 6.74. The quantitative estimate of drug-likeness (QED) is 0.0574. The van der Waals surface area contributed by atoms with Gasteiger partial charge in [-0.2, -0.15) is 0 Å². The molecule has 2 aliphatic rings. The molecule has 0 saturated carbocycles. The molecule has 352 valence electrons. The fraction of sp³-hybridized carbons (Fsp3) is 0.674. The minimum absolute atomic E-state index is 0.0134. The number of nitro groups is 2. The molecule has 2 amide bonds. The van der Waals surface area contributed by atoms with Crippen LogP contribution < -0.4 is 18.9 Å². The first kappa shape index (κ1) is 51.3. The highest BCUT2D eigenvalue weighted by Gasteiger charge is 2.44. The van der Waals surface area contributed by atoms with Crippen LogP contribution in [0, 0.1) is 20.2 Å². The second kappa shape index (κ2) is 20.7. The van der Waals surface area contributed by atoms with E-state index in [1.807, 2.05) is 0 Å². The highest BCUT2D eigenvalue weighted by Crippen LogP contribution is 2.41. The summed E-state index contributed by atoms with van der Waals surface area (Å²) in [5.41, 5.74) is -1.30. The third-order valence-corrected chi connectivity index (χ3v) is 21.9. The SMILES string of the molecule is COc1cc(C(=O)N2C[C@H](O)C[C@H]2CO[Si](C)(C)C(C)(C)C)c([N+](=O)[O-])cc1OCCCCCOc1cc([N+](=O)[O-])c(C(=O)N2C[C@H](O)C[C@H]2CO[Si](C)(C)C(C)(C)C)cc1OC. The predicted octanol–water partition coefficient (Wildman–Crippen LogP) is 7.34. The molecule has 0 radical (unpaired) electrons. The van der Waals surface area contributed by atoms with Crippen molar-refractivity contribution in [3.8, 4) is 23.0 Å². The number of rotatable bonds is 20. The van der Waals surface area contributed by atoms with E-state index in [1.165, 1.54) is 48.3 Å². The Bertz CT molecular complexity index is 1830. The minimum Gasteiger partial charge on any atom is -0.493 e. The van der Waals surface area contributed by atoms with E-state index in [-0.39, 0.29) is 83.7 Å². The van der Waals surface area contributed by atoms with Crippen molar-refractivity contribution >= 4 is 39.8 Å². The van der Waals surface area contributed by atoms with Gasteiger partial charge in [0.25, 0.3) is 23.2 Å². The number of amides is 2. The van der Waals surface area contributed by atoms with E-state index in [9.17, 15) is 40.0 Å². The number of hydrogen-bond acceptors (Lipinski definition) is 14. The van der Waals surface area contributed by atoms with Gasteiger partial charge in [-0.1, -0.05) is 41.5 Å². The lowest BCUT2D eigenvalue weighted by molar-refractivity contribution is -0.385. The molecule has 2 aromatic carbocycles. The van der Waals surface area contributed by atoms with Crippen LogP contribution in [0.1, 0.15) is 94.4 Å². The van der Waals surface area contributed by atoms with Gasteiger partial charge in [0.05, 0.1) is 86.9 Å². The number of nitro benzene ring substituents is 2. The molecule has 0 aliphatic carbocycles. The molecule has 0 spiro atoms. The van der Waals surface area contributed by atoms with E-state index in [2.05, 4.69) is 67.7 Å².